The van der Waals surface area contributed by atoms with Crippen molar-refractivity contribution >= 4 is 21.7 Å². The molecule has 0 atom stereocenters. The minimum absolute atomic E-state index is 0. The predicted molar refractivity (Wildman–Crippen MR) is 105 cm³/mol. The predicted octanol–water partition coefficient (Wildman–Crippen LogP) is -0.0110. The molecule has 1 aliphatic rings. The van der Waals surface area contributed by atoms with Gasteiger partial charge in [-0.1, -0.05) is 31.2 Å². The van der Waals surface area contributed by atoms with Crippen LogP contribution >= 0.6 is 0 Å². The van der Waals surface area contributed by atoms with Gasteiger partial charge in [0.05, 0.1) is 11.7 Å². The van der Waals surface area contributed by atoms with E-state index in [-0.39, 0.29) is 46.5 Å². The topological polar surface area (TPSA) is 17.8 Å². The van der Waals surface area contributed by atoms with Crippen molar-refractivity contribution in [3.8, 4) is 5.69 Å². The molecule has 0 saturated heterocycles. The normalized spacial score (nSPS) is 12.1. The van der Waals surface area contributed by atoms with E-state index in [0.717, 1.165) is 17.6 Å². The van der Waals surface area contributed by atoms with Gasteiger partial charge >= 0.3 is 21.7 Å². The summed E-state index contributed by atoms with van der Waals surface area (Å²) in [5.74, 6) is 0. The fourth-order valence-electron chi connectivity index (χ4n) is 3.08. The molecule has 0 bridgehead atoms. The van der Waals surface area contributed by atoms with Crippen LogP contribution in [0.5, 0.6) is 0 Å². The van der Waals surface area contributed by atoms with E-state index < -0.39 is 0 Å². The van der Waals surface area contributed by atoms with Gasteiger partial charge in [-0.2, -0.15) is 11.2 Å². The third kappa shape index (κ3) is 5.01. The third-order valence-electron chi connectivity index (χ3n) is 4.69. The molecule has 5 heteroatoms. The van der Waals surface area contributed by atoms with Gasteiger partial charge in [0.15, 0.2) is 0 Å². The van der Waals surface area contributed by atoms with Crippen LogP contribution in [0.1, 0.15) is 20.3 Å². The molecular formula is C23H20Cl2N2Ti. The molecule has 0 amide bonds. The number of hydrogen-bond acceptors (Lipinski definition) is 1. The number of benzene rings is 2. The number of para-hydroxylation sites is 1. The second-order valence-electron chi connectivity index (χ2n) is 6.35. The SMILES string of the molecule is CC1=[C-]CC=C1C.[Cl-].[Cl-].[Ti+4].c1ccc2[cH-]c(-n3ncc4ccccc43)cc2c1. The Morgan fingerprint density at radius 1 is 0.964 bits per heavy atom. The molecule has 0 spiro atoms. The molecule has 5 rings (SSSR count). The van der Waals surface area contributed by atoms with Crippen LogP contribution in [-0.2, 0) is 21.7 Å². The van der Waals surface area contributed by atoms with Crippen molar-refractivity contribution in [2.45, 2.75) is 20.3 Å². The van der Waals surface area contributed by atoms with Gasteiger partial charge in [-0.25, -0.2) is 11.1 Å². The molecule has 4 aromatic rings. The van der Waals surface area contributed by atoms with Gasteiger partial charge in [0.1, 0.15) is 0 Å². The van der Waals surface area contributed by atoms with Crippen molar-refractivity contribution in [1.82, 2.24) is 9.78 Å². The number of nitrogens with zero attached hydrogens (tertiary/aromatic N) is 2. The fraction of sp³-hybridized carbons (Fsp3) is 0.130. The van der Waals surface area contributed by atoms with E-state index in [1.807, 2.05) is 23.0 Å². The summed E-state index contributed by atoms with van der Waals surface area (Å²) < 4.78 is 2.00. The van der Waals surface area contributed by atoms with Crippen molar-refractivity contribution in [3.05, 3.63) is 90.2 Å². The Hall–Kier alpha value is -1.71. The molecule has 0 N–H and O–H groups in total. The summed E-state index contributed by atoms with van der Waals surface area (Å²) >= 11 is 0. The van der Waals surface area contributed by atoms with Crippen LogP contribution in [0.15, 0.2) is 84.1 Å². The van der Waals surface area contributed by atoms with Gasteiger partial charge in [-0.3, -0.25) is 10.8 Å². The Balaban J connectivity index is 0.000000341. The van der Waals surface area contributed by atoms with Crippen LogP contribution in [0.2, 0.25) is 0 Å². The Labute approximate surface area is 193 Å². The maximum atomic E-state index is 4.48. The summed E-state index contributed by atoms with van der Waals surface area (Å²) in [7, 11) is 0. The standard InChI is InChI=1S/C16H11N2.C7H9.2ClH.Ti/c1-2-6-13-10-15(9-12(13)5-1)18-16-8-4-3-7-14(16)11-17-18;1-6-4-3-5-7(6)2;;;/h1-11H;4H,3H2,1-2H3;2*1H;/q2*-1;;;+4/p-2. The summed E-state index contributed by atoms with van der Waals surface area (Å²) in [6.45, 7) is 4.22. The van der Waals surface area contributed by atoms with Gasteiger partial charge in [0.25, 0.3) is 0 Å². The quantitative estimate of drug-likeness (QED) is 0.299. The van der Waals surface area contributed by atoms with Crippen molar-refractivity contribution in [2.75, 3.05) is 0 Å². The van der Waals surface area contributed by atoms with Gasteiger partial charge in [-0.05, 0) is 11.8 Å². The number of allylic oxidation sites excluding steroid dienone is 4. The van der Waals surface area contributed by atoms with E-state index in [4.69, 9.17) is 0 Å². The van der Waals surface area contributed by atoms with Crippen LogP contribution < -0.4 is 24.8 Å². The smallest absolute Gasteiger partial charge is 1.00 e. The Kier molecular flexibility index (Phi) is 9.33. The van der Waals surface area contributed by atoms with Crippen LogP contribution in [-0.4, -0.2) is 9.78 Å². The molecule has 0 saturated carbocycles. The summed E-state index contributed by atoms with van der Waals surface area (Å²) in [4.78, 5) is 0. The van der Waals surface area contributed by atoms with Crippen molar-refractivity contribution in [3.63, 3.8) is 0 Å². The van der Waals surface area contributed by atoms with Crippen molar-refractivity contribution in [2.24, 2.45) is 0 Å². The average molecular weight is 443 g/mol. The van der Waals surface area contributed by atoms with Gasteiger partial charge in [0, 0.05) is 5.39 Å². The van der Waals surface area contributed by atoms with Crippen LogP contribution in [0.25, 0.3) is 27.4 Å². The number of halogens is 2. The maximum Gasteiger partial charge on any atom is 4.00 e. The first-order chi connectivity index (χ1) is 12.2. The minimum atomic E-state index is 0. The van der Waals surface area contributed by atoms with Crippen molar-refractivity contribution in [1.29, 1.82) is 0 Å². The van der Waals surface area contributed by atoms with E-state index in [0.29, 0.717) is 0 Å². The van der Waals surface area contributed by atoms with Crippen LogP contribution in [0, 0.1) is 6.08 Å². The number of hydrogen-bond donors (Lipinski definition) is 0. The zero-order chi connectivity index (χ0) is 17.2. The molecule has 2 nitrogen and oxygen atoms in total. The van der Waals surface area contributed by atoms with Crippen molar-refractivity contribution < 1.29 is 46.5 Å². The Morgan fingerprint density at radius 3 is 2.25 bits per heavy atom. The zero-order valence-electron chi connectivity index (χ0n) is 15.8. The number of aromatic nitrogens is 2. The molecule has 1 heterocycles. The molecule has 28 heavy (non-hydrogen) atoms. The number of rotatable bonds is 1. The first-order valence-electron chi connectivity index (χ1n) is 8.55. The van der Waals surface area contributed by atoms with Gasteiger partial charge in [-0.15, -0.1) is 54.4 Å². The number of fused-ring (bicyclic) bond motifs is 2. The molecule has 1 aliphatic carbocycles. The van der Waals surface area contributed by atoms with Gasteiger partial charge < -0.3 is 24.8 Å². The second-order valence-corrected chi connectivity index (χ2v) is 6.35. The minimum Gasteiger partial charge on any atom is -1.00 e. The summed E-state index contributed by atoms with van der Waals surface area (Å²) in [6, 6.07) is 21.0. The molecule has 0 aliphatic heterocycles. The van der Waals surface area contributed by atoms with E-state index in [1.165, 1.54) is 27.3 Å². The molecule has 3 aromatic carbocycles. The fourth-order valence-corrected chi connectivity index (χ4v) is 3.08. The van der Waals surface area contributed by atoms with E-state index >= 15 is 0 Å². The third-order valence-corrected chi connectivity index (χ3v) is 4.69. The summed E-state index contributed by atoms with van der Waals surface area (Å²) in [6.07, 6.45) is 8.32. The second kappa shape index (κ2) is 10.7. The van der Waals surface area contributed by atoms with Crippen LogP contribution in [0.3, 0.4) is 0 Å². The average Bonchev–Trinajstić information content (AvgIpc) is 3.34. The molecule has 0 unspecified atom stereocenters. The monoisotopic (exact) mass is 442 g/mol. The summed E-state index contributed by atoms with van der Waals surface area (Å²) in [5, 5.41) is 8.16. The molecule has 1 aromatic heterocycles. The Morgan fingerprint density at radius 2 is 1.64 bits per heavy atom. The first-order valence-corrected chi connectivity index (χ1v) is 8.55. The molecule has 0 radical (unpaired) electrons. The molecular weight excluding hydrogens is 423 g/mol. The van der Waals surface area contributed by atoms with Gasteiger partial charge in [0.2, 0.25) is 0 Å². The molecule has 0 fully saturated rings. The van der Waals surface area contributed by atoms with E-state index in [1.54, 1.807) is 0 Å². The first kappa shape index (κ1) is 24.3. The Bertz CT molecular complexity index is 1060. The largest absolute Gasteiger partial charge is 4.00 e. The zero-order valence-corrected chi connectivity index (χ0v) is 18.9. The maximum absolute atomic E-state index is 4.48. The summed E-state index contributed by atoms with van der Waals surface area (Å²) in [5.41, 5.74) is 4.98. The van der Waals surface area contributed by atoms with E-state index in [9.17, 15) is 0 Å². The van der Waals surface area contributed by atoms with Crippen LogP contribution in [0.4, 0.5) is 0 Å². The van der Waals surface area contributed by atoms with E-state index in [2.05, 4.69) is 79.6 Å². The molecule has 140 valence electrons.